The average Bonchev–Trinajstić information content (AvgIpc) is 3.27. The van der Waals surface area contributed by atoms with Crippen LogP contribution >= 0.6 is 0 Å². The third-order valence-corrected chi connectivity index (χ3v) is 9.90. The van der Waals surface area contributed by atoms with Crippen molar-refractivity contribution < 1.29 is 68.7 Å². The zero-order valence-corrected chi connectivity index (χ0v) is 37.8. The number of aliphatic hydroxyl groups excluding tert-OH is 5. The van der Waals surface area contributed by atoms with Crippen LogP contribution in [0.15, 0.2) is 34.9 Å². The van der Waals surface area contributed by atoms with Crippen LogP contribution in [0, 0.1) is 15.6 Å². The van der Waals surface area contributed by atoms with Gasteiger partial charge in [0.2, 0.25) is 53.2 Å². The summed E-state index contributed by atoms with van der Waals surface area (Å²) in [4.78, 5) is 118. The van der Waals surface area contributed by atoms with Crippen LogP contribution in [-0.2, 0) is 43.2 Å². The maximum Gasteiger partial charge on any atom is 0.245 e. The van der Waals surface area contributed by atoms with Crippen molar-refractivity contribution in [2.75, 3.05) is 59.2 Å². The lowest BCUT2D eigenvalue weighted by atomic mass is 10.0. The monoisotopic (exact) mass is 954 g/mol. The van der Waals surface area contributed by atoms with Crippen LogP contribution in [0.2, 0.25) is 0 Å². The summed E-state index contributed by atoms with van der Waals surface area (Å²) in [6.07, 6.45) is 1.36. The van der Waals surface area contributed by atoms with Crippen LogP contribution < -0.4 is 31.9 Å². The van der Waals surface area contributed by atoms with E-state index in [2.05, 4.69) is 31.9 Å². The molecule has 1 rings (SSSR count). The molecule has 378 valence electrons. The second kappa shape index (κ2) is 31.9. The minimum Gasteiger partial charge on any atom is -0.756 e. The van der Waals surface area contributed by atoms with Crippen molar-refractivity contribution in [3.8, 4) is 0 Å². The number of hydrogen-bond donors (Lipinski definition) is 11. The Bertz CT molecular complexity index is 1790. The normalized spacial score (nSPS) is 20.8. The summed E-state index contributed by atoms with van der Waals surface area (Å²) in [5.74, 6) is -9.62. The molecule has 67 heavy (non-hydrogen) atoms. The molecule has 11 N–H and O–H groups in total. The van der Waals surface area contributed by atoms with Gasteiger partial charge >= 0.3 is 0 Å². The van der Waals surface area contributed by atoms with Crippen LogP contribution in [0.1, 0.15) is 78.6 Å². The summed E-state index contributed by atoms with van der Waals surface area (Å²) in [5.41, 5.74) is 1.20. The molecule has 1 fully saturated rings. The van der Waals surface area contributed by atoms with Gasteiger partial charge in [0.25, 0.3) is 0 Å². The van der Waals surface area contributed by atoms with Gasteiger partial charge in [0.15, 0.2) is 0 Å². The van der Waals surface area contributed by atoms with E-state index < -0.39 is 136 Å². The summed E-state index contributed by atoms with van der Waals surface area (Å²) in [6, 6.07) is -8.52. The lowest BCUT2D eigenvalue weighted by Gasteiger charge is -2.30. The van der Waals surface area contributed by atoms with Gasteiger partial charge in [-0.05, 0) is 78.6 Å². The van der Waals surface area contributed by atoms with Crippen molar-refractivity contribution in [2.24, 2.45) is 0 Å². The SMILES string of the molecule is C/C(=C\C(=O)N([O-])CCCC1NC(=O)CNC(=O)C(CO)NC(=O)C(CO)NC(=O)C(CCCN([O-])C(=O)/C=C(\C)CCO)NC(=O)C(CCCN([O-])C(=O)/C=C(\C)CCO)NC1=O)CCO. The number of carbonyl (C=O) groups is 9. The first-order valence-electron chi connectivity index (χ1n) is 21.5. The van der Waals surface area contributed by atoms with Gasteiger partial charge in [-0.3, -0.25) is 43.2 Å². The lowest BCUT2D eigenvalue weighted by molar-refractivity contribution is -0.136. The number of nitrogens with zero attached hydrogens (tertiary/aromatic N) is 3. The van der Waals surface area contributed by atoms with Crippen molar-refractivity contribution in [1.82, 2.24) is 47.1 Å². The van der Waals surface area contributed by atoms with E-state index in [-0.39, 0.29) is 80.0 Å². The molecule has 0 bridgehead atoms. The molecular formula is C41H64N9O17-3. The van der Waals surface area contributed by atoms with Crippen LogP contribution in [-0.4, -0.2) is 183 Å². The number of carbonyl (C=O) groups excluding carboxylic acids is 9. The third kappa shape index (κ3) is 22.9. The summed E-state index contributed by atoms with van der Waals surface area (Å²) in [7, 11) is 0. The highest BCUT2D eigenvalue weighted by molar-refractivity contribution is 5.98. The molecule has 5 unspecified atom stereocenters. The van der Waals surface area contributed by atoms with Gasteiger partial charge in [-0.2, -0.15) is 0 Å². The fraction of sp³-hybridized carbons (Fsp3) is 0.634. The predicted molar refractivity (Wildman–Crippen MR) is 236 cm³/mol. The number of hydrogen-bond acceptors (Lipinski definition) is 17. The third-order valence-electron chi connectivity index (χ3n) is 9.90. The van der Waals surface area contributed by atoms with Crippen LogP contribution in [0.25, 0.3) is 0 Å². The quantitative estimate of drug-likeness (QED) is 0.0342. The van der Waals surface area contributed by atoms with Gasteiger partial charge in [0.05, 0.1) is 19.8 Å². The molecule has 0 aromatic heterocycles. The standard InChI is InChI=1S/C41H64N9O17/c1-25(10-16-51)19-34(57)48(65)13-4-7-28-38(61)44-29(8-5-14-49(66)35(58)20-26(2)11-17-52)39(62)45-30(9-6-15-50(67)36(59)21-27(3)12-18-53)40(63)47-32(24-55)41(64)46-31(23-54)37(60)42-22-33(56)43-28/h19-21,28-32,51-55H,4-18,22-24H2,1-3H3,(H,42,60)(H,43,56)(H,44,61)(H,45,62)(H,46,64)(H,47,63)/q-3/b25-19+,26-20+,27-21+. The van der Waals surface area contributed by atoms with Gasteiger partial charge in [-0.15, -0.1) is 0 Å². The van der Waals surface area contributed by atoms with Gasteiger partial charge in [-0.1, -0.05) is 16.7 Å². The second-order valence-corrected chi connectivity index (χ2v) is 15.6. The second-order valence-electron chi connectivity index (χ2n) is 15.6. The maximum absolute atomic E-state index is 14.1. The van der Waals surface area contributed by atoms with Crippen LogP contribution in [0.3, 0.4) is 0 Å². The van der Waals surface area contributed by atoms with Gasteiger partial charge < -0.3 is 88.2 Å². The number of aliphatic hydroxyl groups is 5. The Hall–Kier alpha value is -5.87. The molecule has 1 saturated heterocycles. The molecule has 0 spiro atoms. The first-order valence-corrected chi connectivity index (χ1v) is 21.5. The summed E-state index contributed by atoms with van der Waals surface area (Å²) in [5, 5.41) is 98.8. The number of nitrogens with one attached hydrogen (secondary N) is 6. The molecule has 26 heteroatoms. The average molecular weight is 955 g/mol. The minimum absolute atomic E-state index is 0.0523. The smallest absolute Gasteiger partial charge is 0.245 e. The van der Waals surface area contributed by atoms with Crippen LogP contribution in [0.5, 0.6) is 0 Å². The van der Waals surface area contributed by atoms with E-state index in [0.29, 0.717) is 16.7 Å². The maximum atomic E-state index is 14.1. The first-order chi connectivity index (χ1) is 31.7. The van der Waals surface area contributed by atoms with E-state index in [0.717, 1.165) is 18.2 Å². The van der Waals surface area contributed by atoms with E-state index in [1.54, 1.807) is 0 Å². The molecule has 0 saturated carbocycles. The van der Waals surface area contributed by atoms with E-state index >= 15 is 0 Å². The molecule has 0 aliphatic carbocycles. The minimum atomic E-state index is -1.82. The zero-order chi connectivity index (χ0) is 50.6. The molecule has 1 aliphatic rings. The molecule has 9 amide bonds. The molecule has 1 aliphatic heterocycles. The van der Waals surface area contributed by atoms with Crippen LogP contribution in [0.4, 0.5) is 0 Å². The summed E-state index contributed by atoms with van der Waals surface area (Å²) < 4.78 is 0. The first kappa shape index (κ1) is 59.1. The highest BCUT2D eigenvalue weighted by Crippen LogP contribution is 2.11. The molecule has 5 atom stereocenters. The molecule has 0 aromatic rings. The van der Waals surface area contributed by atoms with E-state index in [1.807, 2.05) is 0 Å². The molecule has 0 radical (unpaired) electrons. The Labute approximate surface area is 387 Å². The largest absolute Gasteiger partial charge is 0.756 e. The van der Waals surface area contributed by atoms with Crippen molar-refractivity contribution in [1.29, 1.82) is 0 Å². The fourth-order valence-electron chi connectivity index (χ4n) is 6.06. The van der Waals surface area contributed by atoms with Gasteiger partial charge in [0.1, 0.15) is 30.2 Å². The number of rotatable bonds is 23. The van der Waals surface area contributed by atoms with Crippen molar-refractivity contribution in [2.45, 2.75) is 109 Å². The lowest BCUT2D eigenvalue weighted by Crippen LogP contribution is -2.61. The van der Waals surface area contributed by atoms with E-state index in [4.69, 9.17) is 15.3 Å². The summed E-state index contributed by atoms with van der Waals surface area (Å²) in [6.45, 7) is -0.871. The Morgan fingerprint density at radius 3 is 1.09 bits per heavy atom. The number of amides is 9. The zero-order valence-electron chi connectivity index (χ0n) is 37.8. The van der Waals surface area contributed by atoms with Crippen molar-refractivity contribution in [3.63, 3.8) is 0 Å². The Balaban J connectivity index is 3.69. The fourth-order valence-corrected chi connectivity index (χ4v) is 6.06. The summed E-state index contributed by atoms with van der Waals surface area (Å²) >= 11 is 0. The Morgan fingerprint density at radius 1 is 0.493 bits per heavy atom. The topological polar surface area (TPSA) is 406 Å². The van der Waals surface area contributed by atoms with Crippen molar-refractivity contribution >= 4 is 53.2 Å². The van der Waals surface area contributed by atoms with E-state index in [1.165, 1.54) is 20.8 Å². The molecule has 0 aromatic carbocycles. The predicted octanol–water partition coefficient (Wildman–Crippen LogP) is -4.17. The van der Waals surface area contributed by atoms with Gasteiger partial charge in [0, 0.05) is 57.7 Å². The molecular weight excluding hydrogens is 890 g/mol. The number of hydroxylamine groups is 6. The highest BCUT2D eigenvalue weighted by atomic mass is 16.5. The van der Waals surface area contributed by atoms with E-state index in [9.17, 15) is 69.0 Å². The van der Waals surface area contributed by atoms with Crippen molar-refractivity contribution in [3.05, 3.63) is 50.6 Å². The Kier molecular flexibility index (Phi) is 28.2. The van der Waals surface area contributed by atoms with Gasteiger partial charge in [-0.25, -0.2) is 0 Å². The Morgan fingerprint density at radius 2 is 0.776 bits per heavy atom. The highest BCUT2D eigenvalue weighted by Gasteiger charge is 2.33. The molecule has 26 nitrogen and oxygen atoms in total. The molecule has 1 heterocycles.